The Morgan fingerprint density at radius 2 is 1.88 bits per heavy atom. The first-order chi connectivity index (χ1) is 15.4. The molecule has 0 atom stereocenters. The number of phenols is 2. The van der Waals surface area contributed by atoms with Gasteiger partial charge in [-0.1, -0.05) is 43.4 Å². The van der Waals surface area contributed by atoms with E-state index in [-0.39, 0.29) is 51.7 Å². The van der Waals surface area contributed by atoms with Crippen LogP contribution >= 0.6 is 0 Å². The molecule has 170 valence electrons. The van der Waals surface area contributed by atoms with Crippen molar-refractivity contribution in [3.8, 4) is 34.2 Å². The number of hydrogen-bond acceptors (Lipinski definition) is 8. The molecule has 1 fully saturated rings. The summed E-state index contributed by atoms with van der Waals surface area (Å²) in [5, 5.41) is 31.6. The van der Waals surface area contributed by atoms with Crippen LogP contribution in [0.15, 0.2) is 21.2 Å². The molecule has 0 aliphatic heterocycles. The van der Waals surface area contributed by atoms with Crippen molar-refractivity contribution in [2.45, 2.75) is 64.7 Å². The molecule has 4 rings (SSSR count). The molecule has 0 spiro atoms. The first kappa shape index (κ1) is 21.9. The molecule has 0 radical (unpaired) electrons. The summed E-state index contributed by atoms with van der Waals surface area (Å²) in [5.41, 5.74) is 1.16. The van der Waals surface area contributed by atoms with Crippen molar-refractivity contribution >= 4 is 5.91 Å². The number of aromatic hydroxyl groups is 2. The van der Waals surface area contributed by atoms with Crippen molar-refractivity contribution in [2.24, 2.45) is 0 Å². The highest BCUT2D eigenvalue weighted by molar-refractivity contribution is 6.01. The molecule has 2 aromatic heterocycles. The van der Waals surface area contributed by atoms with E-state index in [0.29, 0.717) is 18.0 Å². The summed E-state index contributed by atoms with van der Waals surface area (Å²) in [6.07, 6.45) is 5.40. The summed E-state index contributed by atoms with van der Waals surface area (Å²) >= 11 is 0. The van der Waals surface area contributed by atoms with Gasteiger partial charge in [0.25, 0.3) is 5.91 Å². The van der Waals surface area contributed by atoms with Crippen LogP contribution in [0.2, 0.25) is 0 Å². The van der Waals surface area contributed by atoms with Gasteiger partial charge in [-0.15, -0.1) is 0 Å². The molecule has 2 heterocycles. The van der Waals surface area contributed by atoms with Crippen LogP contribution in [0.25, 0.3) is 22.7 Å². The molecule has 1 saturated carbocycles. The maximum atomic E-state index is 12.7. The third-order valence-corrected chi connectivity index (χ3v) is 5.88. The Bertz CT molecular complexity index is 1110. The van der Waals surface area contributed by atoms with Gasteiger partial charge in [-0.3, -0.25) is 4.79 Å². The number of nitrogens with zero attached hydrogens (tertiary/aromatic N) is 3. The van der Waals surface area contributed by atoms with Crippen molar-refractivity contribution in [1.29, 1.82) is 0 Å². The summed E-state index contributed by atoms with van der Waals surface area (Å²) in [4.78, 5) is 17.3. The molecule has 32 heavy (non-hydrogen) atoms. The van der Waals surface area contributed by atoms with Gasteiger partial charge in [-0.2, -0.15) is 4.98 Å². The molecular formula is C23H28N4O5. The summed E-state index contributed by atoms with van der Waals surface area (Å²) in [6.45, 7) is 6.05. The van der Waals surface area contributed by atoms with Crippen LogP contribution in [-0.4, -0.2) is 38.0 Å². The Morgan fingerprint density at radius 1 is 1.12 bits per heavy atom. The van der Waals surface area contributed by atoms with Gasteiger partial charge in [0, 0.05) is 18.5 Å². The van der Waals surface area contributed by atoms with Crippen LogP contribution in [-0.2, 0) is 0 Å². The lowest BCUT2D eigenvalue weighted by Crippen LogP contribution is -2.23. The van der Waals surface area contributed by atoms with Crippen LogP contribution < -0.4 is 5.32 Å². The maximum Gasteiger partial charge on any atom is 0.274 e. The van der Waals surface area contributed by atoms with E-state index in [0.717, 1.165) is 25.7 Å². The quantitative estimate of drug-likeness (QED) is 0.501. The largest absolute Gasteiger partial charge is 0.508 e. The highest BCUT2D eigenvalue weighted by Crippen LogP contribution is 2.43. The fraction of sp³-hybridized carbons (Fsp3) is 0.478. The summed E-state index contributed by atoms with van der Waals surface area (Å²) < 4.78 is 11.1. The average molecular weight is 441 g/mol. The third kappa shape index (κ3) is 4.06. The standard InChI is InChI=1S/C23H28N4O5/c1-4-24-22(30)19-18(21-25-23(32-27-21)13-8-6-5-7-9-13)20(31-26-19)15-10-14(12(2)3)16(28)11-17(15)29/h10-13,28-29H,4-9H2,1-3H3,(H,24,30). The van der Waals surface area contributed by atoms with Gasteiger partial charge in [0.05, 0.1) is 5.56 Å². The lowest BCUT2D eigenvalue weighted by Gasteiger charge is -2.17. The molecule has 1 aromatic carbocycles. The van der Waals surface area contributed by atoms with Gasteiger partial charge in [-0.25, -0.2) is 0 Å². The van der Waals surface area contributed by atoms with E-state index in [1.165, 1.54) is 12.5 Å². The lowest BCUT2D eigenvalue weighted by atomic mass is 9.89. The maximum absolute atomic E-state index is 12.7. The number of hydrogen-bond donors (Lipinski definition) is 3. The van der Waals surface area contributed by atoms with Crippen LogP contribution in [0.1, 0.15) is 86.7 Å². The van der Waals surface area contributed by atoms with Crippen molar-refractivity contribution < 1.29 is 24.1 Å². The second-order valence-corrected chi connectivity index (χ2v) is 8.47. The van der Waals surface area contributed by atoms with Gasteiger partial charge in [0.2, 0.25) is 11.7 Å². The number of phenolic OH excluding ortho intramolecular Hbond substituents is 2. The van der Waals surface area contributed by atoms with Gasteiger partial charge in [0.1, 0.15) is 17.1 Å². The number of aromatic nitrogens is 3. The first-order valence-corrected chi connectivity index (χ1v) is 11.1. The first-order valence-electron chi connectivity index (χ1n) is 11.1. The molecule has 9 nitrogen and oxygen atoms in total. The Labute approximate surface area is 185 Å². The molecular weight excluding hydrogens is 412 g/mol. The van der Waals surface area contributed by atoms with Crippen molar-refractivity contribution in [3.63, 3.8) is 0 Å². The summed E-state index contributed by atoms with van der Waals surface area (Å²) in [7, 11) is 0. The van der Waals surface area contributed by atoms with E-state index in [9.17, 15) is 15.0 Å². The molecule has 9 heteroatoms. The van der Waals surface area contributed by atoms with Crippen molar-refractivity contribution in [3.05, 3.63) is 29.3 Å². The highest BCUT2D eigenvalue weighted by atomic mass is 16.5. The normalized spacial score (nSPS) is 14.8. The summed E-state index contributed by atoms with van der Waals surface area (Å²) in [5.74, 6) is 0.370. The van der Waals surface area contributed by atoms with Crippen molar-refractivity contribution in [1.82, 2.24) is 20.6 Å². The van der Waals surface area contributed by atoms with Crippen LogP contribution in [0.5, 0.6) is 11.5 Å². The van der Waals surface area contributed by atoms with E-state index in [4.69, 9.17) is 9.05 Å². The zero-order valence-corrected chi connectivity index (χ0v) is 18.5. The minimum Gasteiger partial charge on any atom is -0.508 e. The molecule has 1 amide bonds. The minimum absolute atomic E-state index is 0.00772. The smallest absolute Gasteiger partial charge is 0.274 e. The SMILES string of the molecule is CCNC(=O)c1noc(-c2cc(C(C)C)c(O)cc2O)c1-c1noc(C2CCCCC2)n1. The van der Waals surface area contributed by atoms with Gasteiger partial charge in [0.15, 0.2) is 11.5 Å². The molecule has 3 N–H and O–H groups in total. The highest BCUT2D eigenvalue weighted by Gasteiger charge is 2.31. The Balaban J connectivity index is 1.85. The van der Waals surface area contributed by atoms with Crippen LogP contribution in [0, 0.1) is 0 Å². The molecule has 0 unspecified atom stereocenters. The second-order valence-electron chi connectivity index (χ2n) is 8.47. The summed E-state index contributed by atoms with van der Waals surface area (Å²) in [6, 6.07) is 2.88. The predicted octanol–water partition coefficient (Wildman–Crippen LogP) is 4.72. The van der Waals surface area contributed by atoms with E-state index >= 15 is 0 Å². The van der Waals surface area contributed by atoms with Gasteiger partial charge >= 0.3 is 0 Å². The van der Waals surface area contributed by atoms with E-state index in [2.05, 4.69) is 20.6 Å². The Hall–Kier alpha value is -3.36. The lowest BCUT2D eigenvalue weighted by molar-refractivity contribution is 0.0947. The Kier molecular flexibility index (Phi) is 6.16. The van der Waals surface area contributed by atoms with E-state index in [1.54, 1.807) is 13.0 Å². The molecule has 3 aromatic rings. The average Bonchev–Trinajstić information content (AvgIpc) is 3.41. The predicted molar refractivity (Wildman–Crippen MR) is 116 cm³/mol. The number of rotatable bonds is 6. The Morgan fingerprint density at radius 3 is 2.56 bits per heavy atom. The number of benzene rings is 1. The fourth-order valence-electron chi connectivity index (χ4n) is 4.17. The minimum atomic E-state index is -0.441. The monoisotopic (exact) mass is 440 g/mol. The number of nitrogens with one attached hydrogen (secondary N) is 1. The van der Waals surface area contributed by atoms with E-state index < -0.39 is 5.91 Å². The zero-order chi connectivity index (χ0) is 22.8. The zero-order valence-electron chi connectivity index (χ0n) is 18.5. The molecule has 0 bridgehead atoms. The van der Waals surface area contributed by atoms with Crippen LogP contribution in [0.4, 0.5) is 0 Å². The van der Waals surface area contributed by atoms with Gasteiger partial charge in [-0.05, 0) is 37.3 Å². The third-order valence-electron chi connectivity index (χ3n) is 5.88. The number of carbonyl (C=O) groups is 1. The second kappa shape index (κ2) is 9.02. The molecule has 0 saturated heterocycles. The van der Waals surface area contributed by atoms with Crippen molar-refractivity contribution in [2.75, 3.05) is 6.54 Å². The molecule has 1 aliphatic carbocycles. The van der Waals surface area contributed by atoms with Gasteiger partial charge < -0.3 is 24.6 Å². The fourth-order valence-corrected chi connectivity index (χ4v) is 4.17. The van der Waals surface area contributed by atoms with E-state index in [1.807, 2.05) is 13.8 Å². The molecule has 1 aliphatic rings. The number of amides is 1. The topological polar surface area (TPSA) is 135 Å². The van der Waals surface area contributed by atoms with Crippen LogP contribution in [0.3, 0.4) is 0 Å². The number of carbonyl (C=O) groups excluding carboxylic acids is 1.